The Balaban J connectivity index is 1.61. The summed E-state index contributed by atoms with van der Waals surface area (Å²) >= 11 is 1.51. The normalized spacial score (nSPS) is 12.0. The number of benzene rings is 2. The van der Waals surface area contributed by atoms with Crippen molar-refractivity contribution >= 4 is 44.9 Å². The number of fused-ring (bicyclic) bond motifs is 1. The van der Waals surface area contributed by atoms with Crippen LogP contribution in [0.5, 0.6) is 0 Å². The molecule has 2 aromatic heterocycles. The lowest BCUT2D eigenvalue weighted by molar-refractivity contribution is 0.0993. The Morgan fingerprint density at radius 3 is 2.67 bits per heavy atom. The number of thiophene rings is 1. The van der Waals surface area contributed by atoms with Gasteiger partial charge in [0, 0.05) is 31.5 Å². The summed E-state index contributed by atoms with van der Waals surface area (Å²) in [6.45, 7) is 2.54. The number of aliphatic hydroxyl groups is 2. The second-order valence-electron chi connectivity index (χ2n) is 7.69. The number of nitrogens with zero attached hydrogens (tertiary/aromatic N) is 3. The first-order valence-electron chi connectivity index (χ1n) is 10.7. The summed E-state index contributed by atoms with van der Waals surface area (Å²) in [5, 5.41) is 28.8. The number of hydrogen-bond donors (Lipinski definition) is 4. The van der Waals surface area contributed by atoms with E-state index in [1.54, 1.807) is 24.1 Å². The first-order chi connectivity index (χ1) is 16.0. The predicted octanol–water partition coefficient (Wildman–Crippen LogP) is 3.87. The Kier molecular flexibility index (Phi) is 6.93. The van der Waals surface area contributed by atoms with Gasteiger partial charge in [-0.05, 0) is 60.7 Å². The third kappa shape index (κ3) is 5.00. The highest BCUT2D eigenvalue weighted by atomic mass is 32.1. The molecular formula is C24H27N5O3S. The van der Waals surface area contributed by atoms with Crippen LogP contribution in [0.1, 0.15) is 22.3 Å². The minimum absolute atomic E-state index is 0.0424. The third-order valence-corrected chi connectivity index (χ3v) is 6.33. The number of amides is 1. The van der Waals surface area contributed by atoms with Gasteiger partial charge >= 0.3 is 0 Å². The van der Waals surface area contributed by atoms with Crippen molar-refractivity contribution in [1.82, 2.24) is 9.55 Å². The van der Waals surface area contributed by atoms with Crippen LogP contribution in [0, 0.1) is 6.92 Å². The molecule has 0 aliphatic heterocycles. The molecule has 2 aromatic carbocycles. The largest absolute Gasteiger partial charge is 0.396 e. The number of carbonyl (C=O) groups is 1. The molecule has 4 N–H and O–H groups in total. The van der Waals surface area contributed by atoms with Crippen molar-refractivity contribution in [1.29, 1.82) is 0 Å². The Bertz CT molecular complexity index is 1240. The van der Waals surface area contributed by atoms with E-state index in [9.17, 15) is 15.0 Å². The van der Waals surface area contributed by atoms with Gasteiger partial charge in [0.2, 0.25) is 12.3 Å². The second-order valence-corrected chi connectivity index (χ2v) is 8.61. The van der Waals surface area contributed by atoms with Gasteiger partial charge in [0.1, 0.15) is 0 Å². The SMILES string of the molecule is Cc1ccsc1NC(O)Nc1nc2cc(N(C)C(=O)c3ccccc3)ccc2n1CCCO. The van der Waals surface area contributed by atoms with E-state index in [0.29, 0.717) is 35.7 Å². The van der Waals surface area contributed by atoms with Gasteiger partial charge in [-0.25, -0.2) is 4.98 Å². The van der Waals surface area contributed by atoms with Crippen LogP contribution in [0.15, 0.2) is 60.0 Å². The predicted molar refractivity (Wildman–Crippen MR) is 133 cm³/mol. The van der Waals surface area contributed by atoms with Crippen molar-refractivity contribution in [2.45, 2.75) is 26.2 Å². The van der Waals surface area contributed by atoms with Crippen LogP contribution in [0.2, 0.25) is 0 Å². The number of hydrogen-bond acceptors (Lipinski definition) is 7. The van der Waals surface area contributed by atoms with Gasteiger partial charge in [0.15, 0.2) is 0 Å². The monoisotopic (exact) mass is 465 g/mol. The average molecular weight is 466 g/mol. The lowest BCUT2D eigenvalue weighted by atomic mass is 10.2. The first-order valence-corrected chi connectivity index (χ1v) is 11.6. The first kappa shape index (κ1) is 22.8. The molecule has 0 fully saturated rings. The van der Waals surface area contributed by atoms with Gasteiger partial charge in [0.05, 0.1) is 16.0 Å². The molecule has 9 heteroatoms. The third-order valence-electron chi connectivity index (χ3n) is 5.38. The second kappa shape index (κ2) is 10.0. The van der Waals surface area contributed by atoms with Crippen LogP contribution in [-0.4, -0.2) is 45.7 Å². The van der Waals surface area contributed by atoms with Gasteiger partial charge in [-0.15, -0.1) is 11.3 Å². The fraction of sp³-hybridized carbons (Fsp3) is 0.250. The zero-order valence-corrected chi connectivity index (χ0v) is 19.3. The molecule has 0 aliphatic rings. The highest BCUT2D eigenvalue weighted by Crippen LogP contribution is 2.27. The number of imidazole rings is 1. The summed E-state index contributed by atoms with van der Waals surface area (Å²) in [5.74, 6) is 0.362. The van der Waals surface area contributed by atoms with E-state index in [1.165, 1.54) is 11.3 Å². The molecule has 33 heavy (non-hydrogen) atoms. The zero-order chi connectivity index (χ0) is 23.4. The molecular weight excluding hydrogens is 438 g/mol. The summed E-state index contributed by atoms with van der Waals surface area (Å²) in [4.78, 5) is 19.1. The number of nitrogens with one attached hydrogen (secondary N) is 2. The standard InChI is InChI=1S/C24H27N5O3S/c1-16-11-14-33-21(16)26-24(32)27-23-25-19-15-18(9-10-20(19)29(23)12-6-13-30)28(2)22(31)17-7-4-3-5-8-17/h3-5,7-11,14-15,24,26,30,32H,6,12-13H2,1-2H3,(H,25,27). The Morgan fingerprint density at radius 1 is 1.18 bits per heavy atom. The van der Waals surface area contributed by atoms with Crippen molar-refractivity contribution < 1.29 is 15.0 Å². The maximum atomic E-state index is 12.8. The fourth-order valence-electron chi connectivity index (χ4n) is 3.59. The van der Waals surface area contributed by atoms with Crippen molar-refractivity contribution in [3.05, 3.63) is 71.1 Å². The molecule has 2 heterocycles. The molecule has 8 nitrogen and oxygen atoms in total. The molecule has 1 amide bonds. The van der Waals surface area contributed by atoms with E-state index in [1.807, 2.05) is 59.3 Å². The Labute approximate surface area is 196 Å². The van der Waals surface area contributed by atoms with Crippen LogP contribution in [-0.2, 0) is 6.54 Å². The van der Waals surface area contributed by atoms with Crippen LogP contribution < -0.4 is 15.5 Å². The fourth-order valence-corrected chi connectivity index (χ4v) is 4.43. The molecule has 0 spiro atoms. The molecule has 172 valence electrons. The summed E-state index contributed by atoms with van der Waals surface area (Å²) in [6.07, 6.45) is -0.504. The van der Waals surface area contributed by atoms with Crippen LogP contribution in [0.25, 0.3) is 11.0 Å². The van der Waals surface area contributed by atoms with E-state index >= 15 is 0 Å². The number of aliphatic hydroxyl groups excluding tert-OH is 2. The maximum absolute atomic E-state index is 12.8. The van der Waals surface area contributed by atoms with Crippen molar-refractivity contribution in [3.63, 3.8) is 0 Å². The van der Waals surface area contributed by atoms with Gasteiger partial charge in [-0.2, -0.15) is 0 Å². The van der Waals surface area contributed by atoms with E-state index in [2.05, 4.69) is 15.6 Å². The van der Waals surface area contributed by atoms with Crippen LogP contribution in [0.3, 0.4) is 0 Å². The molecule has 0 aliphatic carbocycles. The maximum Gasteiger partial charge on any atom is 0.258 e. The van der Waals surface area contributed by atoms with Crippen LogP contribution in [0.4, 0.5) is 16.6 Å². The van der Waals surface area contributed by atoms with Gasteiger partial charge in [0.25, 0.3) is 5.91 Å². The molecule has 1 unspecified atom stereocenters. The lowest BCUT2D eigenvalue weighted by Gasteiger charge is -2.18. The van der Waals surface area contributed by atoms with E-state index in [-0.39, 0.29) is 12.5 Å². The Morgan fingerprint density at radius 2 is 1.97 bits per heavy atom. The quantitative estimate of drug-likeness (QED) is 0.280. The number of carbonyl (C=O) groups excluding carboxylic acids is 1. The van der Waals surface area contributed by atoms with Crippen LogP contribution >= 0.6 is 11.3 Å². The molecule has 0 radical (unpaired) electrons. The smallest absolute Gasteiger partial charge is 0.258 e. The molecule has 4 aromatic rings. The number of aryl methyl sites for hydroxylation is 2. The number of aromatic nitrogens is 2. The van der Waals surface area contributed by atoms with Crippen molar-refractivity contribution in [3.8, 4) is 0 Å². The summed E-state index contributed by atoms with van der Waals surface area (Å²) in [5.41, 5.74) is 3.89. The molecule has 0 saturated carbocycles. The highest BCUT2D eigenvalue weighted by Gasteiger charge is 2.18. The van der Waals surface area contributed by atoms with Gasteiger partial charge in [-0.3, -0.25) is 4.79 Å². The molecule has 1 atom stereocenters. The van der Waals surface area contributed by atoms with E-state index in [0.717, 1.165) is 16.1 Å². The number of anilines is 3. The molecule has 0 bridgehead atoms. The topological polar surface area (TPSA) is 103 Å². The summed E-state index contributed by atoms with van der Waals surface area (Å²) < 4.78 is 1.92. The van der Waals surface area contributed by atoms with Gasteiger partial charge in [-0.1, -0.05) is 18.2 Å². The summed E-state index contributed by atoms with van der Waals surface area (Å²) in [7, 11) is 1.73. The van der Waals surface area contributed by atoms with E-state index in [4.69, 9.17) is 0 Å². The summed E-state index contributed by atoms with van der Waals surface area (Å²) in [6, 6.07) is 16.7. The molecule has 4 rings (SSSR count). The number of rotatable bonds is 9. The Hall–Kier alpha value is -3.40. The minimum atomic E-state index is -1.05. The molecule has 0 saturated heterocycles. The van der Waals surface area contributed by atoms with Crippen molar-refractivity contribution in [2.75, 3.05) is 29.2 Å². The highest BCUT2D eigenvalue weighted by molar-refractivity contribution is 7.14. The van der Waals surface area contributed by atoms with Crippen molar-refractivity contribution in [2.24, 2.45) is 0 Å². The minimum Gasteiger partial charge on any atom is -0.396 e. The van der Waals surface area contributed by atoms with Gasteiger partial charge < -0.3 is 30.3 Å². The lowest BCUT2D eigenvalue weighted by Crippen LogP contribution is -2.29. The average Bonchev–Trinajstić information content (AvgIpc) is 3.38. The van der Waals surface area contributed by atoms with E-state index < -0.39 is 6.35 Å². The zero-order valence-electron chi connectivity index (χ0n) is 18.5.